The molecule has 184 valence electrons. The first kappa shape index (κ1) is 23.7. The summed E-state index contributed by atoms with van der Waals surface area (Å²) in [4.78, 5) is 16.3. The Labute approximate surface area is 205 Å². The number of hydrogen-bond acceptors (Lipinski definition) is 6. The standard InChI is InChI=1S/C28H32N2O5/c1-3-4-15-28(19-32-17-21-11-7-5-8-12-21)24(33-18-22-13-9-6-10-14-22)23-26(35-28)30-16-20(2)25(31)29-27(30)34-23/h5-14,16,23-24,26H,3-4,15,17-19H2,1-2H3/t23-,24-,26+,28+/m0/s1. The van der Waals surface area contributed by atoms with Gasteiger partial charge in [-0.25, -0.2) is 0 Å². The number of rotatable bonds is 10. The Morgan fingerprint density at radius 2 is 1.71 bits per heavy atom. The summed E-state index contributed by atoms with van der Waals surface area (Å²) in [6.07, 6.45) is 3.27. The van der Waals surface area contributed by atoms with Gasteiger partial charge in [0.15, 0.2) is 12.3 Å². The number of hydrogen-bond donors (Lipinski definition) is 0. The Morgan fingerprint density at radius 3 is 2.40 bits per heavy atom. The van der Waals surface area contributed by atoms with Crippen molar-refractivity contribution in [2.45, 2.75) is 70.4 Å². The van der Waals surface area contributed by atoms with Gasteiger partial charge in [0.05, 0.1) is 19.8 Å². The summed E-state index contributed by atoms with van der Waals surface area (Å²) in [6, 6.07) is 20.5. The zero-order chi connectivity index (χ0) is 24.3. The molecule has 7 heteroatoms. The smallest absolute Gasteiger partial charge is 0.302 e. The molecule has 2 aliphatic rings. The summed E-state index contributed by atoms with van der Waals surface area (Å²) in [6.45, 7) is 5.21. The summed E-state index contributed by atoms with van der Waals surface area (Å²) < 4.78 is 27.6. The summed E-state index contributed by atoms with van der Waals surface area (Å²) in [7, 11) is 0. The Bertz CT molecular complexity index is 1180. The van der Waals surface area contributed by atoms with Gasteiger partial charge in [-0.1, -0.05) is 80.4 Å². The fourth-order valence-corrected chi connectivity index (χ4v) is 4.89. The van der Waals surface area contributed by atoms with E-state index in [4.69, 9.17) is 18.9 Å². The zero-order valence-electron chi connectivity index (χ0n) is 20.3. The van der Waals surface area contributed by atoms with Crippen molar-refractivity contribution >= 4 is 0 Å². The number of aryl methyl sites for hydroxylation is 1. The van der Waals surface area contributed by atoms with Crippen molar-refractivity contribution in [3.8, 4) is 6.01 Å². The van der Waals surface area contributed by atoms with Crippen LogP contribution in [0.3, 0.4) is 0 Å². The van der Waals surface area contributed by atoms with Gasteiger partial charge >= 0.3 is 6.01 Å². The third-order valence-electron chi connectivity index (χ3n) is 6.74. The lowest BCUT2D eigenvalue weighted by Crippen LogP contribution is -2.49. The van der Waals surface area contributed by atoms with E-state index in [1.165, 1.54) is 0 Å². The minimum absolute atomic E-state index is 0.276. The Balaban J connectivity index is 1.43. The van der Waals surface area contributed by atoms with E-state index in [2.05, 4.69) is 24.0 Å². The highest BCUT2D eigenvalue weighted by Crippen LogP contribution is 2.48. The average molecular weight is 477 g/mol. The van der Waals surface area contributed by atoms with Crippen LogP contribution in [0.2, 0.25) is 0 Å². The molecule has 1 saturated heterocycles. The summed E-state index contributed by atoms with van der Waals surface area (Å²) >= 11 is 0. The molecular formula is C28H32N2O5. The first-order valence-electron chi connectivity index (χ1n) is 12.3. The van der Waals surface area contributed by atoms with Crippen molar-refractivity contribution < 1.29 is 18.9 Å². The second-order valence-electron chi connectivity index (χ2n) is 9.37. The van der Waals surface area contributed by atoms with Crippen LogP contribution in [0.1, 0.15) is 49.1 Å². The molecule has 3 aromatic rings. The van der Waals surface area contributed by atoms with Gasteiger partial charge in [0.2, 0.25) is 0 Å². The van der Waals surface area contributed by atoms with Crippen LogP contribution in [0.4, 0.5) is 0 Å². The van der Waals surface area contributed by atoms with Crippen LogP contribution in [-0.2, 0) is 27.4 Å². The molecule has 0 radical (unpaired) electrons. The van der Waals surface area contributed by atoms with Gasteiger partial charge in [-0.3, -0.25) is 9.36 Å². The van der Waals surface area contributed by atoms with E-state index in [-0.39, 0.29) is 11.6 Å². The van der Waals surface area contributed by atoms with Crippen molar-refractivity contribution in [2.75, 3.05) is 6.61 Å². The van der Waals surface area contributed by atoms with Crippen LogP contribution < -0.4 is 10.3 Å². The summed E-state index contributed by atoms with van der Waals surface area (Å²) in [5.74, 6) is 0. The van der Waals surface area contributed by atoms with Gasteiger partial charge in [-0.2, -0.15) is 4.98 Å². The van der Waals surface area contributed by atoms with Crippen molar-refractivity contribution in [2.24, 2.45) is 0 Å². The van der Waals surface area contributed by atoms with E-state index in [1.807, 2.05) is 53.1 Å². The predicted molar refractivity (Wildman–Crippen MR) is 131 cm³/mol. The number of nitrogens with zero attached hydrogens (tertiary/aromatic N) is 2. The molecule has 1 aromatic heterocycles. The highest BCUT2D eigenvalue weighted by molar-refractivity contribution is 5.19. The minimum atomic E-state index is -0.691. The molecule has 4 atom stereocenters. The van der Waals surface area contributed by atoms with Crippen LogP contribution in [0.5, 0.6) is 6.01 Å². The molecule has 2 aromatic carbocycles. The fourth-order valence-electron chi connectivity index (χ4n) is 4.89. The third kappa shape index (κ3) is 4.89. The van der Waals surface area contributed by atoms with Gasteiger partial charge in [0.25, 0.3) is 5.56 Å². The second kappa shape index (κ2) is 10.3. The lowest BCUT2D eigenvalue weighted by Gasteiger charge is -2.35. The van der Waals surface area contributed by atoms with Crippen molar-refractivity contribution in [1.29, 1.82) is 0 Å². The number of benzene rings is 2. The lowest BCUT2D eigenvalue weighted by atomic mass is 9.90. The van der Waals surface area contributed by atoms with E-state index in [0.717, 1.165) is 30.4 Å². The van der Waals surface area contributed by atoms with E-state index in [9.17, 15) is 4.79 Å². The molecular weight excluding hydrogens is 444 g/mol. The summed E-state index contributed by atoms with van der Waals surface area (Å²) in [5, 5.41) is 0. The van der Waals surface area contributed by atoms with Crippen molar-refractivity contribution in [3.63, 3.8) is 0 Å². The minimum Gasteiger partial charge on any atom is -0.453 e. The van der Waals surface area contributed by atoms with E-state index >= 15 is 0 Å². The first-order valence-corrected chi connectivity index (χ1v) is 12.3. The van der Waals surface area contributed by atoms with Crippen LogP contribution in [0.25, 0.3) is 0 Å². The molecule has 0 N–H and O–H groups in total. The predicted octanol–water partition coefficient (Wildman–Crippen LogP) is 4.57. The molecule has 2 aliphatic heterocycles. The van der Waals surface area contributed by atoms with Gasteiger partial charge in [0.1, 0.15) is 11.7 Å². The maximum Gasteiger partial charge on any atom is 0.302 e. The highest BCUT2D eigenvalue weighted by Gasteiger charge is 2.60. The SMILES string of the molecule is CCCC[C@]1(COCc2ccccc2)O[C@@H]2[C@@H](Oc3nc(=O)c(C)cn32)[C@@H]1OCc1ccccc1. The Kier molecular flexibility index (Phi) is 7.00. The van der Waals surface area contributed by atoms with Gasteiger partial charge in [0, 0.05) is 11.8 Å². The molecule has 35 heavy (non-hydrogen) atoms. The molecule has 0 aliphatic carbocycles. The normalized spacial score (nSPS) is 24.7. The lowest BCUT2D eigenvalue weighted by molar-refractivity contribution is -0.163. The van der Waals surface area contributed by atoms with Crippen LogP contribution in [-0.4, -0.2) is 34.0 Å². The zero-order valence-corrected chi connectivity index (χ0v) is 20.3. The Morgan fingerprint density at radius 1 is 1.03 bits per heavy atom. The molecule has 7 nitrogen and oxygen atoms in total. The molecule has 0 unspecified atom stereocenters. The number of aromatic nitrogens is 2. The fraction of sp³-hybridized carbons (Fsp3) is 0.429. The van der Waals surface area contributed by atoms with Crippen LogP contribution in [0.15, 0.2) is 71.7 Å². The number of unbranched alkanes of at least 4 members (excludes halogenated alkanes) is 1. The average Bonchev–Trinajstić information content (AvgIpc) is 3.35. The molecule has 0 spiro atoms. The quantitative estimate of drug-likeness (QED) is 0.427. The topological polar surface area (TPSA) is 71.8 Å². The largest absolute Gasteiger partial charge is 0.453 e. The third-order valence-corrected chi connectivity index (χ3v) is 6.74. The number of ether oxygens (including phenoxy) is 4. The van der Waals surface area contributed by atoms with E-state index in [1.54, 1.807) is 13.1 Å². The van der Waals surface area contributed by atoms with Crippen molar-refractivity contribution in [3.05, 3.63) is 93.9 Å². The maximum atomic E-state index is 12.1. The maximum absolute atomic E-state index is 12.1. The number of fused-ring (bicyclic) bond motifs is 3. The summed E-state index contributed by atoms with van der Waals surface area (Å²) in [5.41, 5.74) is 1.75. The van der Waals surface area contributed by atoms with Gasteiger partial charge < -0.3 is 18.9 Å². The second-order valence-corrected chi connectivity index (χ2v) is 9.37. The van der Waals surface area contributed by atoms with Crippen molar-refractivity contribution in [1.82, 2.24) is 9.55 Å². The molecule has 1 fully saturated rings. The molecule has 3 heterocycles. The molecule has 0 saturated carbocycles. The van der Waals surface area contributed by atoms with Gasteiger partial charge in [-0.15, -0.1) is 0 Å². The van der Waals surface area contributed by atoms with Crippen LogP contribution in [0, 0.1) is 6.92 Å². The van der Waals surface area contributed by atoms with Gasteiger partial charge in [-0.05, 0) is 24.5 Å². The molecule has 0 bridgehead atoms. The highest BCUT2D eigenvalue weighted by atomic mass is 16.7. The molecule has 0 amide bonds. The Hall–Kier alpha value is -3.00. The van der Waals surface area contributed by atoms with E-state index in [0.29, 0.717) is 25.4 Å². The monoisotopic (exact) mass is 476 g/mol. The van der Waals surface area contributed by atoms with E-state index < -0.39 is 24.0 Å². The first-order chi connectivity index (χ1) is 17.1. The van der Waals surface area contributed by atoms with Crippen LogP contribution >= 0.6 is 0 Å². The molecule has 5 rings (SSSR count).